The molecule has 4 nitrogen and oxygen atoms in total. The van der Waals surface area contributed by atoms with E-state index in [1.165, 1.54) is 0 Å². The Labute approximate surface area is 118 Å². The van der Waals surface area contributed by atoms with Gasteiger partial charge in [0.1, 0.15) is 11.9 Å². The van der Waals surface area contributed by atoms with E-state index in [2.05, 4.69) is 19.6 Å². The van der Waals surface area contributed by atoms with E-state index in [-0.39, 0.29) is 24.2 Å². The standard InChI is InChI=1S/C13H29O4PSi/c1-11(2)16-18(15,17-12(3)4)10-13(14)8-9-19(5,6)7/h11-12H,8-10H2,1-7H3. The minimum Gasteiger partial charge on any atom is -0.306 e. The number of rotatable bonds is 9. The first-order valence-electron chi connectivity index (χ1n) is 6.91. The Morgan fingerprint density at radius 3 is 1.79 bits per heavy atom. The fourth-order valence-corrected chi connectivity index (χ4v) is 4.65. The van der Waals surface area contributed by atoms with Crippen LogP contribution in [0, 0.1) is 0 Å². The van der Waals surface area contributed by atoms with Crippen molar-refractivity contribution in [3.8, 4) is 0 Å². The average Bonchev–Trinajstić information content (AvgIpc) is 2.09. The molecule has 19 heavy (non-hydrogen) atoms. The van der Waals surface area contributed by atoms with Gasteiger partial charge in [0, 0.05) is 14.5 Å². The van der Waals surface area contributed by atoms with Gasteiger partial charge in [0.25, 0.3) is 0 Å². The van der Waals surface area contributed by atoms with E-state index in [1.54, 1.807) is 27.7 Å². The largest absolute Gasteiger partial charge is 0.338 e. The fraction of sp³-hybridized carbons (Fsp3) is 0.923. The zero-order chi connectivity index (χ0) is 15.3. The second-order valence-electron chi connectivity index (χ2n) is 6.68. The van der Waals surface area contributed by atoms with Crippen LogP contribution in [0.15, 0.2) is 0 Å². The highest BCUT2D eigenvalue weighted by molar-refractivity contribution is 7.54. The Morgan fingerprint density at radius 1 is 1.05 bits per heavy atom. The SMILES string of the molecule is CC(C)OP(=O)(CC(=O)CC[Si](C)(C)C)OC(C)C. The molecular formula is C13H29O4PSi. The maximum Gasteiger partial charge on any atom is 0.338 e. The summed E-state index contributed by atoms with van der Waals surface area (Å²) in [6, 6.07) is 0.912. The molecule has 6 heteroatoms. The van der Waals surface area contributed by atoms with Crippen molar-refractivity contribution in [1.82, 2.24) is 0 Å². The molecule has 0 fully saturated rings. The Bertz CT molecular complexity index is 320. The third kappa shape index (κ3) is 10.5. The van der Waals surface area contributed by atoms with Crippen LogP contribution in [0.2, 0.25) is 25.7 Å². The van der Waals surface area contributed by atoms with Gasteiger partial charge in [-0.05, 0) is 27.7 Å². The average molecular weight is 308 g/mol. The number of carbonyl (C=O) groups is 1. The highest BCUT2D eigenvalue weighted by Gasteiger charge is 2.31. The maximum absolute atomic E-state index is 12.5. The van der Waals surface area contributed by atoms with Crippen molar-refractivity contribution in [3.05, 3.63) is 0 Å². The van der Waals surface area contributed by atoms with Crippen LogP contribution < -0.4 is 0 Å². The van der Waals surface area contributed by atoms with Crippen molar-refractivity contribution in [2.45, 2.75) is 72.0 Å². The maximum atomic E-state index is 12.5. The molecule has 0 aromatic carbocycles. The molecule has 0 aromatic rings. The summed E-state index contributed by atoms with van der Waals surface area (Å²) in [5.41, 5.74) is 0. The van der Waals surface area contributed by atoms with Crippen LogP contribution >= 0.6 is 7.60 Å². The summed E-state index contributed by atoms with van der Waals surface area (Å²) >= 11 is 0. The monoisotopic (exact) mass is 308 g/mol. The summed E-state index contributed by atoms with van der Waals surface area (Å²) in [7, 11) is -4.56. The lowest BCUT2D eigenvalue weighted by atomic mass is 10.3. The molecule has 0 spiro atoms. The topological polar surface area (TPSA) is 52.6 Å². The highest BCUT2D eigenvalue weighted by atomic mass is 31.2. The predicted octanol–water partition coefficient (Wildman–Crippen LogP) is 4.33. The summed E-state index contributed by atoms with van der Waals surface area (Å²) in [4.78, 5) is 12.0. The second kappa shape index (κ2) is 7.72. The van der Waals surface area contributed by atoms with Gasteiger partial charge in [0.15, 0.2) is 0 Å². The first-order valence-corrected chi connectivity index (χ1v) is 12.3. The molecule has 0 aliphatic rings. The number of hydrogen-bond acceptors (Lipinski definition) is 4. The van der Waals surface area contributed by atoms with Crippen LogP contribution in [-0.4, -0.2) is 32.2 Å². The van der Waals surface area contributed by atoms with Gasteiger partial charge in [-0.3, -0.25) is 9.36 Å². The van der Waals surface area contributed by atoms with Crippen molar-refractivity contribution < 1.29 is 18.4 Å². The molecule has 0 aliphatic carbocycles. The molecule has 0 unspecified atom stereocenters. The van der Waals surface area contributed by atoms with E-state index in [4.69, 9.17) is 9.05 Å². The van der Waals surface area contributed by atoms with Crippen LogP contribution in [-0.2, 0) is 18.4 Å². The van der Waals surface area contributed by atoms with E-state index in [0.29, 0.717) is 6.42 Å². The number of ketones is 1. The normalized spacial score (nSPS) is 13.3. The molecule has 0 N–H and O–H groups in total. The minimum absolute atomic E-state index is 0.0212. The molecule has 0 aromatic heterocycles. The molecular weight excluding hydrogens is 279 g/mol. The van der Waals surface area contributed by atoms with Gasteiger partial charge >= 0.3 is 7.60 Å². The molecule has 0 saturated carbocycles. The zero-order valence-corrected chi connectivity index (χ0v) is 15.3. The molecule has 0 rings (SSSR count). The third-order valence-electron chi connectivity index (χ3n) is 2.27. The Balaban J connectivity index is 4.56. The smallest absolute Gasteiger partial charge is 0.306 e. The van der Waals surface area contributed by atoms with Crippen LogP contribution in [0.3, 0.4) is 0 Å². The quantitative estimate of drug-likeness (QED) is 0.470. The van der Waals surface area contributed by atoms with Crippen LogP contribution in [0.5, 0.6) is 0 Å². The van der Waals surface area contributed by atoms with Crippen LogP contribution in [0.1, 0.15) is 34.1 Å². The number of hydrogen-bond donors (Lipinski definition) is 0. The molecule has 0 amide bonds. The van der Waals surface area contributed by atoms with Crippen LogP contribution in [0.25, 0.3) is 0 Å². The molecule has 0 atom stereocenters. The van der Waals surface area contributed by atoms with E-state index >= 15 is 0 Å². The lowest BCUT2D eigenvalue weighted by Crippen LogP contribution is -2.22. The van der Waals surface area contributed by atoms with Crippen molar-refractivity contribution in [1.29, 1.82) is 0 Å². The second-order valence-corrected chi connectivity index (χ2v) is 14.3. The molecule has 114 valence electrons. The Kier molecular flexibility index (Phi) is 7.74. The molecule has 0 heterocycles. The van der Waals surface area contributed by atoms with Gasteiger partial charge in [-0.15, -0.1) is 0 Å². The molecule has 0 bridgehead atoms. The lowest BCUT2D eigenvalue weighted by Gasteiger charge is -2.22. The fourth-order valence-electron chi connectivity index (χ4n) is 1.55. The summed E-state index contributed by atoms with van der Waals surface area (Å²) in [6.07, 6.45) is -0.0556. The van der Waals surface area contributed by atoms with Crippen LogP contribution in [0.4, 0.5) is 0 Å². The van der Waals surface area contributed by atoms with E-state index in [9.17, 15) is 9.36 Å². The van der Waals surface area contributed by atoms with E-state index in [1.807, 2.05) is 0 Å². The van der Waals surface area contributed by atoms with Gasteiger partial charge in [-0.1, -0.05) is 25.7 Å². The Hall–Kier alpha value is 0.0369. The minimum atomic E-state index is -3.30. The lowest BCUT2D eigenvalue weighted by molar-refractivity contribution is -0.116. The van der Waals surface area contributed by atoms with E-state index < -0.39 is 15.7 Å². The zero-order valence-electron chi connectivity index (χ0n) is 13.4. The van der Waals surface area contributed by atoms with Gasteiger partial charge in [0.2, 0.25) is 0 Å². The molecule has 0 saturated heterocycles. The van der Waals surface area contributed by atoms with E-state index in [0.717, 1.165) is 6.04 Å². The summed E-state index contributed by atoms with van der Waals surface area (Å²) in [5.74, 6) is -0.0212. The number of carbonyl (C=O) groups excluding carboxylic acids is 1. The first kappa shape index (κ1) is 19.0. The van der Waals surface area contributed by atoms with Crippen molar-refractivity contribution in [2.24, 2.45) is 0 Å². The Morgan fingerprint density at radius 2 is 1.47 bits per heavy atom. The van der Waals surface area contributed by atoms with Crippen molar-refractivity contribution in [3.63, 3.8) is 0 Å². The summed E-state index contributed by atoms with van der Waals surface area (Å²) in [5, 5.41) is 0. The third-order valence-corrected chi connectivity index (χ3v) is 6.24. The first-order chi connectivity index (χ1) is 8.43. The van der Waals surface area contributed by atoms with Crippen molar-refractivity contribution >= 4 is 21.5 Å². The number of Topliss-reactive ketones (excluding diaryl/α,β-unsaturated/α-hetero) is 1. The summed E-state index contributed by atoms with van der Waals surface area (Å²) in [6.45, 7) is 13.8. The predicted molar refractivity (Wildman–Crippen MR) is 82.7 cm³/mol. The summed E-state index contributed by atoms with van der Waals surface area (Å²) < 4.78 is 23.3. The van der Waals surface area contributed by atoms with Gasteiger partial charge in [-0.25, -0.2) is 0 Å². The molecule has 0 aliphatic heterocycles. The highest BCUT2D eigenvalue weighted by Crippen LogP contribution is 2.50. The van der Waals surface area contributed by atoms with Gasteiger partial charge in [0.05, 0.1) is 12.2 Å². The van der Waals surface area contributed by atoms with Gasteiger partial charge in [-0.2, -0.15) is 0 Å². The van der Waals surface area contributed by atoms with Gasteiger partial charge < -0.3 is 9.05 Å². The molecule has 0 radical (unpaired) electrons. The van der Waals surface area contributed by atoms with Crippen molar-refractivity contribution in [2.75, 3.05) is 6.16 Å².